The summed E-state index contributed by atoms with van der Waals surface area (Å²) in [4.78, 5) is 23.3. The van der Waals surface area contributed by atoms with Crippen LogP contribution in [0.3, 0.4) is 0 Å². The highest BCUT2D eigenvalue weighted by Gasteiger charge is 2.17. The van der Waals surface area contributed by atoms with Gasteiger partial charge in [0.25, 0.3) is 5.91 Å². The van der Waals surface area contributed by atoms with Crippen LogP contribution < -0.4 is 11.1 Å². The molecule has 7 nitrogen and oxygen atoms in total. The number of nitrogens with one attached hydrogen (secondary N) is 1. The van der Waals surface area contributed by atoms with Crippen molar-refractivity contribution < 1.29 is 14.3 Å². The first-order valence-corrected chi connectivity index (χ1v) is 6.64. The third-order valence-electron chi connectivity index (χ3n) is 2.65. The maximum atomic E-state index is 11.7. The number of aromatic nitrogens is 2. The number of carbonyl (C=O) groups is 2. The van der Waals surface area contributed by atoms with Crippen LogP contribution in [0, 0.1) is 5.92 Å². The molecule has 3 N–H and O–H groups in total. The quantitative estimate of drug-likeness (QED) is 0.712. The maximum absolute atomic E-state index is 11.7. The summed E-state index contributed by atoms with van der Waals surface area (Å²) >= 11 is 0. The van der Waals surface area contributed by atoms with E-state index in [9.17, 15) is 9.59 Å². The Hall–Kier alpha value is -2.05. The third kappa shape index (κ3) is 5.73. The zero-order valence-electron chi connectivity index (χ0n) is 12.1. The van der Waals surface area contributed by atoms with Gasteiger partial charge in [-0.3, -0.25) is 14.3 Å². The summed E-state index contributed by atoms with van der Waals surface area (Å²) in [7, 11) is 0. The van der Waals surface area contributed by atoms with Gasteiger partial charge in [-0.2, -0.15) is 5.10 Å². The highest BCUT2D eigenvalue weighted by molar-refractivity contribution is 5.83. The Balaban J connectivity index is 2.31. The number of ether oxygens (including phenoxy) is 1. The molecule has 1 aromatic heterocycles. The van der Waals surface area contributed by atoms with E-state index in [0.29, 0.717) is 18.3 Å². The van der Waals surface area contributed by atoms with Crippen molar-refractivity contribution in [3.8, 4) is 0 Å². The molecule has 0 spiro atoms. The molecular formula is C13H22N4O3. The van der Waals surface area contributed by atoms with E-state index in [4.69, 9.17) is 10.5 Å². The molecule has 1 heterocycles. The van der Waals surface area contributed by atoms with Gasteiger partial charge in [-0.25, -0.2) is 0 Å². The van der Waals surface area contributed by atoms with Gasteiger partial charge in [-0.05, 0) is 25.3 Å². The van der Waals surface area contributed by atoms with Gasteiger partial charge < -0.3 is 15.8 Å². The first-order valence-electron chi connectivity index (χ1n) is 6.64. The molecule has 1 aromatic rings. The number of nitrogens with two attached hydrogens (primary N) is 1. The largest absolute Gasteiger partial charge is 0.451 e. The first kappa shape index (κ1) is 16.0. The van der Waals surface area contributed by atoms with Crippen molar-refractivity contribution >= 4 is 17.7 Å². The second kappa shape index (κ2) is 7.52. The van der Waals surface area contributed by atoms with Gasteiger partial charge in [-0.1, -0.05) is 13.8 Å². The van der Waals surface area contributed by atoms with Crippen molar-refractivity contribution in [1.29, 1.82) is 0 Å². The van der Waals surface area contributed by atoms with Crippen molar-refractivity contribution in [3.05, 3.63) is 12.3 Å². The molecule has 0 aliphatic heterocycles. The van der Waals surface area contributed by atoms with Crippen molar-refractivity contribution in [1.82, 2.24) is 15.1 Å². The lowest BCUT2D eigenvalue weighted by molar-refractivity contribution is -0.155. The van der Waals surface area contributed by atoms with E-state index in [1.807, 2.05) is 0 Å². The number of anilines is 1. The zero-order chi connectivity index (χ0) is 15.1. The average Bonchev–Trinajstić information content (AvgIpc) is 2.73. The van der Waals surface area contributed by atoms with Gasteiger partial charge >= 0.3 is 5.97 Å². The number of hydrogen-bond donors (Lipinski definition) is 2. The Morgan fingerprint density at radius 1 is 1.45 bits per heavy atom. The molecule has 0 aromatic carbocycles. The van der Waals surface area contributed by atoms with E-state index in [1.165, 1.54) is 4.68 Å². The number of amides is 1. The van der Waals surface area contributed by atoms with Gasteiger partial charge in [0, 0.05) is 12.7 Å². The van der Waals surface area contributed by atoms with Crippen LogP contribution >= 0.6 is 0 Å². The Morgan fingerprint density at radius 3 is 2.70 bits per heavy atom. The van der Waals surface area contributed by atoms with Crippen LogP contribution in [0.4, 0.5) is 5.82 Å². The van der Waals surface area contributed by atoms with E-state index >= 15 is 0 Å². The molecule has 0 aliphatic rings. The van der Waals surface area contributed by atoms with Gasteiger partial charge in [0.1, 0.15) is 12.4 Å². The number of rotatable bonds is 7. The van der Waals surface area contributed by atoms with Crippen LogP contribution in [0.2, 0.25) is 0 Å². The van der Waals surface area contributed by atoms with Crippen LogP contribution in [0.5, 0.6) is 0 Å². The summed E-state index contributed by atoms with van der Waals surface area (Å²) in [5.74, 6) is 0.0225. The van der Waals surface area contributed by atoms with Crippen LogP contribution in [-0.2, 0) is 20.9 Å². The van der Waals surface area contributed by atoms with Crippen LogP contribution in [0.25, 0.3) is 0 Å². The summed E-state index contributed by atoms with van der Waals surface area (Å²) in [5, 5.41) is 6.59. The lowest BCUT2D eigenvalue weighted by Crippen LogP contribution is -2.37. The monoisotopic (exact) mass is 282 g/mol. The second-order valence-electron chi connectivity index (χ2n) is 5.04. The van der Waals surface area contributed by atoms with Gasteiger partial charge in [0.2, 0.25) is 0 Å². The predicted octanol–water partition coefficient (Wildman–Crippen LogP) is 0.559. The summed E-state index contributed by atoms with van der Waals surface area (Å²) in [6.07, 6.45) is 1.64. The molecule has 0 radical (unpaired) electrons. The molecule has 1 atom stereocenters. The highest BCUT2D eigenvalue weighted by Crippen LogP contribution is 2.00. The van der Waals surface area contributed by atoms with E-state index in [0.717, 1.165) is 6.42 Å². The van der Waals surface area contributed by atoms with E-state index in [1.54, 1.807) is 19.2 Å². The molecule has 0 bridgehead atoms. The van der Waals surface area contributed by atoms with Crippen molar-refractivity contribution in [2.75, 3.05) is 12.3 Å². The topological polar surface area (TPSA) is 99.2 Å². The molecule has 0 saturated heterocycles. The molecule has 7 heteroatoms. The normalized spacial score (nSPS) is 12.2. The summed E-state index contributed by atoms with van der Waals surface area (Å²) in [5.41, 5.74) is 5.43. The van der Waals surface area contributed by atoms with Gasteiger partial charge in [0.05, 0.1) is 0 Å². The van der Waals surface area contributed by atoms with Gasteiger partial charge in [0.15, 0.2) is 6.10 Å². The summed E-state index contributed by atoms with van der Waals surface area (Å²) < 4.78 is 6.39. The number of nitrogens with zero attached hydrogens (tertiary/aromatic N) is 2. The van der Waals surface area contributed by atoms with Crippen molar-refractivity contribution in [2.24, 2.45) is 5.92 Å². The molecule has 0 saturated carbocycles. The van der Waals surface area contributed by atoms with Crippen molar-refractivity contribution in [2.45, 2.75) is 39.8 Å². The summed E-state index contributed by atoms with van der Waals surface area (Å²) in [6.45, 7) is 6.20. The second-order valence-corrected chi connectivity index (χ2v) is 5.04. The zero-order valence-corrected chi connectivity index (χ0v) is 12.1. The fraction of sp³-hybridized carbons (Fsp3) is 0.615. The smallest absolute Gasteiger partial charge is 0.328 e. The molecule has 1 amide bonds. The standard InChI is InChI=1S/C13H22N4O3/c1-9(2)4-6-15-13(19)10(3)20-12(18)8-17-7-5-11(14)16-17/h5,7,9-10H,4,6,8H2,1-3H3,(H2,14,16)(H,15,19). The van der Waals surface area contributed by atoms with Crippen molar-refractivity contribution in [3.63, 3.8) is 0 Å². The molecule has 20 heavy (non-hydrogen) atoms. The third-order valence-corrected chi connectivity index (χ3v) is 2.65. The van der Waals surface area contributed by atoms with E-state index in [2.05, 4.69) is 24.3 Å². The fourth-order valence-electron chi connectivity index (χ4n) is 1.51. The molecule has 1 unspecified atom stereocenters. The number of hydrogen-bond acceptors (Lipinski definition) is 5. The average molecular weight is 282 g/mol. The van der Waals surface area contributed by atoms with Gasteiger partial charge in [-0.15, -0.1) is 0 Å². The number of nitrogen functional groups attached to an aromatic ring is 1. The van der Waals surface area contributed by atoms with E-state index < -0.39 is 12.1 Å². The predicted molar refractivity (Wildman–Crippen MR) is 74.7 cm³/mol. The minimum absolute atomic E-state index is 0.0686. The highest BCUT2D eigenvalue weighted by atomic mass is 16.5. The maximum Gasteiger partial charge on any atom is 0.328 e. The Kier molecular flexibility index (Phi) is 6.02. The van der Waals surface area contributed by atoms with Crippen LogP contribution in [0.15, 0.2) is 12.3 Å². The molecule has 112 valence electrons. The Bertz CT molecular complexity index is 456. The first-order chi connectivity index (χ1) is 9.38. The molecule has 0 fully saturated rings. The molecule has 1 rings (SSSR count). The minimum atomic E-state index is -0.817. The number of esters is 1. The molecular weight excluding hydrogens is 260 g/mol. The Labute approximate surface area is 118 Å². The van der Waals surface area contributed by atoms with Crippen LogP contribution in [0.1, 0.15) is 27.2 Å². The Morgan fingerprint density at radius 2 is 2.15 bits per heavy atom. The van der Waals surface area contributed by atoms with Crippen LogP contribution in [-0.4, -0.2) is 34.3 Å². The lowest BCUT2D eigenvalue weighted by Gasteiger charge is -2.14. The van der Waals surface area contributed by atoms with E-state index in [-0.39, 0.29) is 12.5 Å². The molecule has 0 aliphatic carbocycles. The lowest BCUT2D eigenvalue weighted by atomic mass is 10.1. The SMILES string of the molecule is CC(C)CCNC(=O)C(C)OC(=O)Cn1ccc(N)n1. The summed E-state index contributed by atoms with van der Waals surface area (Å²) in [6, 6.07) is 1.58. The minimum Gasteiger partial charge on any atom is -0.451 e. The number of carbonyl (C=O) groups excluding carboxylic acids is 2. The fourth-order valence-corrected chi connectivity index (χ4v) is 1.51.